The van der Waals surface area contributed by atoms with E-state index in [-0.39, 0.29) is 24.0 Å². The molecule has 0 radical (unpaired) electrons. The molecule has 1 saturated carbocycles. The Morgan fingerprint density at radius 2 is 2.09 bits per heavy atom. The maximum atomic E-state index is 5.90. The average molecular weight is 433 g/mol. The molecule has 1 aromatic carbocycles. The SMILES string of the molecule is CN=C(NCc1ccc(C)cc1OCCCOC)NC1CC1.I. The van der Waals surface area contributed by atoms with Gasteiger partial charge in [-0.3, -0.25) is 4.99 Å². The lowest BCUT2D eigenvalue weighted by atomic mass is 10.1. The van der Waals surface area contributed by atoms with E-state index in [1.807, 2.05) is 0 Å². The minimum Gasteiger partial charge on any atom is -0.493 e. The molecule has 0 unspecified atom stereocenters. The molecule has 2 N–H and O–H groups in total. The molecule has 0 bridgehead atoms. The van der Waals surface area contributed by atoms with Gasteiger partial charge in [-0.05, 0) is 31.4 Å². The van der Waals surface area contributed by atoms with Crippen LogP contribution in [0.4, 0.5) is 0 Å². The number of nitrogens with zero attached hydrogens (tertiary/aromatic N) is 1. The lowest BCUT2D eigenvalue weighted by Gasteiger charge is -2.15. The summed E-state index contributed by atoms with van der Waals surface area (Å²) < 4.78 is 11.0. The monoisotopic (exact) mass is 433 g/mol. The summed E-state index contributed by atoms with van der Waals surface area (Å²) in [4.78, 5) is 4.25. The van der Waals surface area contributed by atoms with Crippen LogP contribution in [0.25, 0.3) is 0 Å². The number of ether oxygens (including phenoxy) is 2. The van der Waals surface area contributed by atoms with E-state index >= 15 is 0 Å². The third-order valence-electron chi connectivity index (χ3n) is 3.56. The molecule has 0 spiro atoms. The predicted octanol–water partition coefficient (Wildman–Crippen LogP) is 2.86. The second-order valence-corrected chi connectivity index (χ2v) is 5.65. The van der Waals surface area contributed by atoms with Crippen molar-refractivity contribution in [2.45, 2.75) is 38.8 Å². The first-order valence-corrected chi connectivity index (χ1v) is 7.91. The minimum absolute atomic E-state index is 0. The lowest BCUT2D eigenvalue weighted by molar-refractivity contribution is 0.172. The van der Waals surface area contributed by atoms with Gasteiger partial charge < -0.3 is 20.1 Å². The molecular weight excluding hydrogens is 405 g/mol. The second-order valence-electron chi connectivity index (χ2n) is 5.65. The molecule has 0 saturated heterocycles. The van der Waals surface area contributed by atoms with Crippen LogP contribution in [0.2, 0.25) is 0 Å². The third-order valence-corrected chi connectivity index (χ3v) is 3.56. The normalized spacial score (nSPS) is 14.1. The van der Waals surface area contributed by atoms with Crippen molar-refractivity contribution in [3.8, 4) is 5.75 Å². The van der Waals surface area contributed by atoms with Crippen LogP contribution in [0.3, 0.4) is 0 Å². The molecule has 23 heavy (non-hydrogen) atoms. The predicted molar refractivity (Wildman–Crippen MR) is 105 cm³/mol. The summed E-state index contributed by atoms with van der Waals surface area (Å²) in [5, 5.41) is 6.74. The fraction of sp³-hybridized carbons (Fsp3) is 0.588. The van der Waals surface area contributed by atoms with Gasteiger partial charge in [0, 0.05) is 45.3 Å². The van der Waals surface area contributed by atoms with E-state index in [2.05, 4.69) is 40.7 Å². The van der Waals surface area contributed by atoms with Crippen molar-refractivity contribution < 1.29 is 9.47 Å². The smallest absolute Gasteiger partial charge is 0.191 e. The number of halogens is 1. The number of methoxy groups -OCH3 is 1. The fourth-order valence-electron chi connectivity index (χ4n) is 2.12. The Hall–Kier alpha value is -1.02. The average Bonchev–Trinajstić information content (AvgIpc) is 3.33. The van der Waals surface area contributed by atoms with Crippen molar-refractivity contribution >= 4 is 29.9 Å². The summed E-state index contributed by atoms with van der Waals surface area (Å²) in [5.41, 5.74) is 2.34. The van der Waals surface area contributed by atoms with E-state index in [0.29, 0.717) is 19.2 Å². The second kappa shape index (κ2) is 10.7. The standard InChI is InChI=1S/C17H27N3O2.HI/c1-13-5-6-14(16(11-13)22-10-4-9-21-3)12-19-17(18-2)20-15-7-8-15;/h5-6,11,15H,4,7-10,12H2,1-3H3,(H2,18,19,20);1H. The van der Waals surface area contributed by atoms with Crippen LogP contribution in [-0.4, -0.2) is 39.4 Å². The molecule has 6 heteroatoms. The number of hydrogen-bond donors (Lipinski definition) is 2. The van der Waals surface area contributed by atoms with E-state index in [1.54, 1.807) is 14.2 Å². The van der Waals surface area contributed by atoms with E-state index in [0.717, 1.165) is 30.3 Å². The number of aliphatic imine (C=N–C) groups is 1. The molecule has 0 heterocycles. The Morgan fingerprint density at radius 1 is 1.30 bits per heavy atom. The summed E-state index contributed by atoms with van der Waals surface area (Å²) in [6.45, 7) is 4.16. The van der Waals surface area contributed by atoms with Crippen LogP contribution in [0, 0.1) is 6.92 Å². The van der Waals surface area contributed by atoms with E-state index in [9.17, 15) is 0 Å². The van der Waals surface area contributed by atoms with Crippen LogP contribution in [-0.2, 0) is 11.3 Å². The molecule has 130 valence electrons. The molecular formula is C17H28IN3O2. The van der Waals surface area contributed by atoms with Crippen LogP contribution in [0.15, 0.2) is 23.2 Å². The molecule has 5 nitrogen and oxygen atoms in total. The number of guanidine groups is 1. The first kappa shape index (κ1) is 20.0. The highest BCUT2D eigenvalue weighted by molar-refractivity contribution is 14.0. The van der Waals surface area contributed by atoms with Gasteiger partial charge in [0.25, 0.3) is 0 Å². The summed E-state index contributed by atoms with van der Waals surface area (Å²) in [6, 6.07) is 6.89. The first-order valence-electron chi connectivity index (χ1n) is 7.91. The van der Waals surface area contributed by atoms with Crippen LogP contribution in [0.1, 0.15) is 30.4 Å². The lowest BCUT2D eigenvalue weighted by Crippen LogP contribution is -2.38. The van der Waals surface area contributed by atoms with Gasteiger partial charge in [-0.15, -0.1) is 24.0 Å². The number of aryl methyl sites for hydroxylation is 1. The zero-order valence-electron chi connectivity index (χ0n) is 14.2. The van der Waals surface area contributed by atoms with Crippen molar-refractivity contribution in [1.82, 2.24) is 10.6 Å². The van der Waals surface area contributed by atoms with Crippen molar-refractivity contribution in [2.24, 2.45) is 4.99 Å². The number of nitrogens with one attached hydrogen (secondary N) is 2. The number of hydrogen-bond acceptors (Lipinski definition) is 3. The molecule has 0 aliphatic heterocycles. The largest absolute Gasteiger partial charge is 0.493 e. The molecule has 1 aliphatic rings. The summed E-state index contributed by atoms with van der Waals surface area (Å²) in [6.07, 6.45) is 3.36. The van der Waals surface area contributed by atoms with Crippen molar-refractivity contribution in [2.75, 3.05) is 27.4 Å². The Bertz CT molecular complexity index is 505. The van der Waals surface area contributed by atoms with Gasteiger partial charge in [-0.2, -0.15) is 0 Å². The molecule has 0 aromatic heterocycles. The highest BCUT2D eigenvalue weighted by Crippen LogP contribution is 2.21. The zero-order chi connectivity index (χ0) is 15.8. The van der Waals surface area contributed by atoms with Crippen molar-refractivity contribution in [3.05, 3.63) is 29.3 Å². The van der Waals surface area contributed by atoms with E-state index in [1.165, 1.54) is 18.4 Å². The van der Waals surface area contributed by atoms with Gasteiger partial charge in [-0.1, -0.05) is 12.1 Å². The Morgan fingerprint density at radius 3 is 2.74 bits per heavy atom. The third kappa shape index (κ3) is 7.39. The van der Waals surface area contributed by atoms with Crippen LogP contribution < -0.4 is 15.4 Å². The van der Waals surface area contributed by atoms with Gasteiger partial charge >= 0.3 is 0 Å². The minimum atomic E-state index is 0. The fourth-order valence-corrected chi connectivity index (χ4v) is 2.12. The Kier molecular flexibility index (Phi) is 9.31. The number of benzene rings is 1. The molecule has 1 aromatic rings. The van der Waals surface area contributed by atoms with Gasteiger partial charge in [0.05, 0.1) is 6.61 Å². The van der Waals surface area contributed by atoms with Gasteiger partial charge in [0.1, 0.15) is 5.75 Å². The quantitative estimate of drug-likeness (QED) is 0.287. The molecule has 1 aliphatic carbocycles. The number of rotatable bonds is 8. The summed E-state index contributed by atoms with van der Waals surface area (Å²) in [7, 11) is 3.51. The highest BCUT2D eigenvalue weighted by atomic mass is 127. The highest BCUT2D eigenvalue weighted by Gasteiger charge is 2.22. The van der Waals surface area contributed by atoms with Crippen LogP contribution in [0.5, 0.6) is 5.75 Å². The molecule has 0 amide bonds. The molecule has 1 fully saturated rings. The van der Waals surface area contributed by atoms with E-state index in [4.69, 9.17) is 9.47 Å². The summed E-state index contributed by atoms with van der Waals surface area (Å²) >= 11 is 0. The maximum absolute atomic E-state index is 5.90. The Labute approximate surface area is 156 Å². The summed E-state index contributed by atoms with van der Waals surface area (Å²) in [5.74, 6) is 1.79. The van der Waals surface area contributed by atoms with Gasteiger partial charge in [0.2, 0.25) is 0 Å². The molecule has 2 rings (SSSR count). The maximum Gasteiger partial charge on any atom is 0.191 e. The van der Waals surface area contributed by atoms with Crippen molar-refractivity contribution in [3.63, 3.8) is 0 Å². The van der Waals surface area contributed by atoms with Crippen LogP contribution >= 0.6 is 24.0 Å². The topological polar surface area (TPSA) is 54.9 Å². The van der Waals surface area contributed by atoms with Gasteiger partial charge in [-0.25, -0.2) is 0 Å². The van der Waals surface area contributed by atoms with Gasteiger partial charge in [0.15, 0.2) is 5.96 Å². The molecule has 0 atom stereocenters. The van der Waals surface area contributed by atoms with E-state index < -0.39 is 0 Å². The Balaban J connectivity index is 0.00000264. The van der Waals surface area contributed by atoms with Crippen molar-refractivity contribution in [1.29, 1.82) is 0 Å². The zero-order valence-corrected chi connectivity index (χ0v) is 16.6. The first-order chi connectivity index (χ1) is 10.7.